The summed E-state index contributed by atoms with van der Waals surface area (Å²) in [5.74, 6) is 0.865. The molecule has 0 saturated heterocycles. The molecule has 0 spiro atoms. The molecule has 0 radical (unpaired) electrons. The van der Waals surface area contributed by atoms with E-state index in [-0.39, 0.29) is 0 Å². The largest absolute Gasteiger partial charge is 0.492 e. The van der Waals surface area contributed by atoms with Gasteiger partial charge in [-0.2, -0.15) is 5.10 Å². The second kappa shape index (κ2) is 14.7. The van der Waals surface area contributed by atoms with E-state index in [2.05, 4.69) is 45.3 Å². The average molecular weight is 440 g/mol. The fourth-order valence-corrected chi connectivity index (χ4v) is 2.97. The van der Waals surface area contributed by atoms with Crippen molar-refractivity contribution in [2.75, 3.05) is 13.2 Å². The van der Waals surface area contributed by atoms with Gasteiger partial charge in [-0.3, -0.25) is 5.43 Å². The Morgan fingerprint density at radius 3 is 2.65 bits per heavy atom. The summed E-state index contributed by atoms with van der Waals surface area (Å²) in [5, 5.41) is 7.52. The fourth-order valence-electron chi connectivity index (χ4n) is 2.33. The zero-order valence-corrected chi connectivity index (χ0v) is 18.0. The Morgan fingerprint density at radius 1 is 1.23 bits per heavy atom. The Bertz CT molecular complexity index is 578. The van der Waals surface area contributed by atoms with Crippen molar-refractivity contribution in [3.8, 4) is 5.75 Å². The highest BCUT2D eigenvalue weighted by Crippen LogP contribution is 2.25. The minimum atomic E-state index is 0.467. The van der Waals surface area contributed by atoms with Gasteiger partial charge in [0.25, 0.3) is 0 Å². The molecule has 0 amide bonds. The Morgan fingerprint density at radius 2 is 1.96 bits per heavy atom. The predicted molar refractivity (Wildman–Crippen MR) is 119 cm³/mol. The van der Waals surface area contributed by atoms with E-state index in [0.717, 1.165) is 28.8 Å². The zero-order chi connectivity index (χ0) is 19.0. The lowest BCUT2D eigenvalue weighted by Gasteiger charge is -2.09. The van der Waals surface area contributed by atoms with Gasteiger partial charge in [-0.15, -0.1) is 6.58 Å². The Hall–Kier alpha value is -1.40. The van der Waals surface area contributed by atoms with Crippen LogP contribution in [0.2, 0.25) is 0 Å². The quantitative estimate of drug-likeness (QED) is 0.139. The smallest absolute Gasteiger partial charge is 0.187 e. The summed E-state index contributed by atoms with van der Waals surface area (Å²) in [7, 11) is 0. The molecule has 0 fully saturated rings. The maximum absolute atomic E-state index is 5.86. The molecular formula is C20H30BrN3OS. The third-order valence-corrected chi connectivity index (χ3v) is 4.60. The van der Waals surface area contributed by atoms with Gasteiger partial charge < -0.3 is 10.1 Å². The number of nitrogens with zero attached hydrogens (tertiary/aromatic N) is 1. The highest BCUT2D eigenvalue weighted by molar-refractivity contribution is 9.10. The molecule has 0 unspecified atom stereocenters. The maximum Gasteiger partial charge on any atom is 0.187 e. The molecule has 1 aromatic rings. The maximum atomic E-state index is 5.86. The van der Waals surface area contributed by atoms with Crippen LogP contribution < -0.4 is 15.5 Å². The topological polar surface area (TPSA) is 45.7 Å². The number of thiocarbonyl (C=S) groups is 1. The van der Waals surface area contributed by atoms with Crippen LogP contribution in [0.1, 0.15) is 57.4 Å². The SMILES string of the molecule is C=CCNC(=S)N/N=C/c1ccc(OCCCCCCCCC)c(Br)c1. The molecule has 0 heterocycles. The van der Waals surface area contributed by atoms with E-state index in [1.807, 2.05) is 18.2 Å². The number of rotatable bonds is 13. The number of nitrogens with one attached hydrogen (secondary N) is 2. The zero-order valence-electron chi connectivity index (χ0n) is 15.6. The molecule has 0 atom stereocenters. The second-order valence-electron chi connectivity index (χ2n) is 6.03. The number of hydrazone groups is 1. The molecule has 2 N–H and O–H groups in total. The van der Waals surface area contributed by atoms with Crippen LogP contribution in [0.5, 0.6) is 5.75 Å². The van der Waals surface area contributed by atoms with E-state index in [4.69, 9.17) is 17.0 Å². The molecule has 26 heavy (non-hydrogen) atoms. The summed E-state index contributed by atoms with van der Waals surface area (Å²) >= 11 is 8.62. The first-order valence-corrected chi connectivity index (χ1v) is 10.5. The first kappa shape index (κ1) is 22.6. The summed E-state index contributed by atoms with van der Waals surface area (Å²) in [6.45, 7) is 7.23. The van der Waals surface area contributed by atoms with Gasteiger partial charge in [0.2, 0.25) is 0 Å². The molecule has 0 aliphatic rings. The summed E-state index contributed by atoms with van der Waals surface area (Å²) in [4.78, 5) is 0. The van der Waals surface area contributed by atoms with Crippen molar-refractivity contribution in [1.82, 2.24) is 10.7 Å². The number of ether oxygens (including phenoxy) is 1. The first-order valence-electron chi connectivity index (χ1n) is 9.27. The molecule has 4 nitrogen and oxygen atoms in total. The van der Waals surface area contributed by atoms with E-state index < -0.39 is 0 Å². The van der Waals surface area contributed by atoms with Gasteiger partial charge in [-0.05, 0) is 58.3 Å². The minimum Gasteiger partial charge on any atom is -0.492 e. The van der Waals surface area contributed by atoms with E-state index in [1.165, 1.54) is 38.5 Å². The standard InChI is InChI=1S/C20H30BrN3OS/c1-3-5-6-7-8-9-10-14-25-19-12-11-17(15-18(19)21)16-23-24-20(26)22-13-4-2/h4,11-12,15-16H,2-3,5-10,13-14H2,1H3,(H2,22,24,26)/b23-16+. The molecule has 0 bridgehead atoms. The van der Waals surface area contributed by atoms with E-state index in [9.17, 15) is 0 Å². The van der Waals surface area contributed by atoms with Crippen molar-refractivity contribution < 1.29 is 4.74 Å². The first-order chi connectivity index (χ1) is 12.7. The van der Waals surface area contributed by atoms with Gasteiger partial charge in [0.15, 0.2) is 5.11 Å². The summed E-state index contributed by atoms with van der Waals surface area (Å²) in [5.41, 5.74) is 3.72. The van der Waals surface area contributed by atoms with Crippen LogP contribution in [-0.2, 0) is 0 Å². The molecule has 0 aromatic heterocycles. The lowest BCUT2D eigenvalue weighted by Crippen LogP contribution is -2.31. The molecule has 144 valence electrons. The minimum absolute atomic E-state index is 0.467. The molecule has 0 saturated carbocycles. The molecule has 0 aliphatic heterocycles. The molecular weight excluding hydrogens is 410 g/mol. The van der Waals surface area contributed by atoms with Crippen molar-refractivity contribution in [3.05, 3.63) is 40.9 Å². The fraction of sp³-hybridized carbons (Fsp3) is 0.500. The second-order valence-corrected chi connectivity index (χ2v) is 7.29. The third-order valence-electron chi connectivity index (χ3n) is 3.75. The number of hydrogen-bond acceptors (Lipinski definition) is 3. The van der Waals surface area contributed by atoms with Crippen LogP contribution in [0.3, 0.4) is 0 Å². The van der Waals surface area contributed by atoms with E-state index >= 15 is 0 Å². The Balaban J connectivity index is 2.28. The van der Waals surface area contributed by atoms with Gasteiger partial charge >= 0.3 is 0 Å². The monoisotopic (exact) mass is 439 g/mol. The lowest BCUT2D eigenvalue weighted by atomic mass is 10.1. The van der Waals surface area contributed by atoms with Gasteiger partial charge in [0, 0.05) is 6.54 Å². The molecule has 6 heteroatoms. The third kappa shape index (κ3) is 10.6. The Kier molecular flexibility index (Phi) is 12.8. The van der Waals surface area contributed by atoms with Gasteiger partial charge in [-0.25, -0.2) is 0 Å². The lowest BCUT2D eigenvalue weighted by molar-refractivity contribution is 0.302. The van der Waals surface area contributed by atoms with Crippen molar-refractivity contribution in [3.63, 3.8) is 0 Å². The normalized spacial score (nSPS) is 10.7. The number of benzene rings is 1. The van der Waals surface area contributed by atoms with Gasteiger partial charge in [0.05, 0.1) is 17.3 Å². The highest BCUT2D eigenvalue weighted by atomic mass is 79.9. The number of unbranched alkanes of at least 4 members (excludes halogenated alkanes) is 6. The predicted octanol–water partition coefficient (Wildman–Crippen LogP) is 5.56. The molecule has 1 rings (SSSR count). The summed E-state index contributed by atoms with van der Waals surface area (Å²) in [6, 6.07) is 5.91. The van der Waals surface area contributed by atoms with Crippen LogP contribution in [0, 0.1) is 0 Å². The molecule has 0 aliphatic carbocycles. The van der Waals surface area contributed by atoms with Gasteiger partial charge in [-0.1, -0.05) is 51.5 Å². The number of hydrogen-bond donors (Lipinski definition) is 2. The van der Waals surface area contributed by atoms with Crippen LogP contribution in [0.4, 0.5) is 0 Å². The average Bonchev–Trinajstić information content (AvgIpc) is 2.63. The number of halogens is 1. The van der Waals surface area contributed by atoms with Crippen molar-refractivity contribution in [2.45, 2.75) is 51.9 Å². The Labute approximate surface area is 171 Å². The van der Waals surface area contributed by atoms with E-state index in [1.54, 1.807) is 12.3 Å². The van der Waals surface area contributed by atoms with Crippen LogP contribution >= 0.6 is 28.1 Å². The van der Waals surface area contributed by atoms with Crippen LogP contribution in [-0.4, -0.2) is 24.5 Å². The highest BCUT2D eigenvalue weighted by Gasteiger charge is 2.02. The molecule has 1 aromatic carbocycles. The van der Waals surface area contributed by atoms with Crippen molar-refractivity contribution in [2.24, 2.45) is 5.10 Å². The van der Waals surface area contributed by atoms with Gasteiger partial charge in [0.1, 0.15) is 5.75 Å². The van der Waals surface area contributed by atoms with Crippen LogP contribution in [0.25, 0.3) is 0 Å². The summed E-state index contributed by atoms with van der Waals surface area (Å²) in [6.07, 6.45) is 12.4. The van der Waals surface area contributed by atoms with Crippen LogP contribution in [0.15, 0.2) is 40.4 Å². The summed E-state index contributed by atoms with van der Waals surface area (Å²) < 4.78 is 6.79. The van der Waals surface area contributed by atoms with Crippen molar-refractivity contribution >= 4 is 39.5 Å². The van der Waals surface area contributed by atoms with E-state index in [0.29, 0.717) is 11.7 Å². The van der Waals surface area contributed by atoms with Crippen molar-refractivity contribution in [1.29, 1.82) is 0 Å².